The number of fused-ring (bicyclic) bond motifs is 1. The minimum atomic E-state index is -0.576. The zero-order valence-electron chi connectivity index (χ0n) is 13.5. The highest BCUT2D eigenvalue weighted by Gasteiger charge is 2.44. The van der Waals surface area contributed by atoms with Gasteiger partial charge >= 0.3 is 0 Å². The Morgan fingerprint density at radius 1 is 1.50 bits per heavy atom. The number of aliphatic hydroxyl groups is 1. The van der Waals surface area contributed by atoms with Gasteiger partial charge in [-0.05, 0) is 0 Å². The lowest BCUT2D eigenvalue weighted by Gasteiger charge is -2.22. The molecule has 24 heavy (non-hydrogen) atoms. The van der Waals surface area contributed by atoms with Gasteiger partial charge in [-0.3, -0.25) is 14.3 Å². The van der Waals surface area contributed by atoms with Crippen molar-refractivity contribution in [3.05, 3.63) is 16.7 Å². The van der Waals surface area contributed by atoms with Gasteiger partial charge in [0.1, 0.15) is 6.10 Å². The van der Waals surface area contributed by atoms with E-state index >= 15 is 0 Å². The Bertz CT molecular complexity index is 760. The molecule has 2 aromatic heterocycles. The standard InChI is InChI=1S/C14H21N5O5/c1-7-8(5-20)24-13(10(7)23-4-3-22-2)19-6-16-9-11(19)17-14(15)18-12(9)21/h6-8,10,13,20H,3-5H2,1-2H3,(H3,15,17,18,21). The Balaban J connectivity index is 1.97. The van der Waals surface area contributed by atoms with Crippen LogP contribution in [0.5, 0.6) is 0 Å². The van der Waals surface area contributed by atoms with Gasteiger partial charge in [-0.25, -0.2) is 4.98 Å². The molecule has 132 valence electrons. The number of methoxy groups -OCH3 is 1. The van der Waals surface area contributed by atoms with E-state index in [4.69, 9.17) is 19.9 Å². The molecule has 10 heteroatoms. The third-order valence-corrected chi connectivity index (χ3v) is 4.20. The Morgan fingerprint density at radius 2 is 2.29 bits per heavy atom. The Hall–Kier alpha value is -2.01. The predicted octanol–water partition coefficient (Wildman–Crippen LogP) is -0.741. The first-order valence-corrected chi connectivity index (χ1v) is 7.66. The number of nitrogens with two attached hydrogens (primary N) is 1. The number of H-pyrrole nitrogens is 1. The molecular weight excluding hydrogens is 318 g/mol. The number of nitrogen functional groups attached to an aromatic ring is 1. The molecule has 0 bridgehead atoms. The molecule has 1 fully saturated rings. The number of nitrogens with zero attached hydrogens (tertiary/aromatic N) is 3. The van der Waals surface area contributed by atoms with Crippen LogP contribution in [0, 0.1) is 5.92 Å². The maximum Gasteiger partial charge on any atom is 0.280 e. The van der Waals surface area contributed by atoms with Crippen molar-refractivity contribution < 1.29 is 19.3 Å². The van der Waals surface area contributed by atoms with E-state index in [0.29, 0.717) is 18.9 Å². The zero-order valence-corrected chi connectivity index (χ0v) is 13.5. The van der Waals surface area contributed by atoms with E-state index in [1.165, 1.54) is 6.33 Å². The Morgan fingerprint density at radius 3 is 3.00 bits per heavy atom. The second kappa shape index (κ2) is 6.85. The van der Waals surface area contributed by atoms with Gasteiger partial charge in [-0.15, -0.1) is 0 Å². The van der Waals surface area contributed by atoms with Gasteiger partial charge < -0.3 is 25.1 Å². The van der Waals surface area contributed by atoms with Crippen molar-refractivity contribution in [3.8, 4) is 0 Å². The first kappa shape index (κ1) is 16.8. The largest absolute Gasteiger partial charge is 0.394 e. The van der Waals surface area contributed by atoms with Crippen LogP contribution in [-0.2, 0) is 14.2 Å². The molecule has 4 atom stereocenters. The quantitative estimate of drug-likeness (QED) is 0.585. The highest BCUT2D eigenvalue weighted by molar-refractivity contribution is 5.70. The normalized spacial score (nSPS) is 27.1. The summed E-state index contributed by atoms with van der Waals surface area (Å²) >= 11 is 0. The minimum absolute atomic E-state index is 0.00384. The summed E-state index contributed by atoms with van der Waals surface area (Å²) in [4.78, 5) is 22.6. The molecule has 4 N–H and O–H groups in total. The van der Waals surface area contributed by atoms with Crippen LogP contribution >= 0.6 is 0 Å². The van der Waals surface area contributed by atoms with Crippen LogP contribution in [0.2, 0.25) is 0 Å². The molecule has 0 spiro atoms. The fourth-order valence-electron chi connectivity index (χ4n) is 2.92. The summed E-state index contributed by atoms with van der Waals surface area (Å²) in [5.41, 5.74) is 5.69. The number of hydrogen-bond acceptors (Lipinski definition) is 8. The maximum absolute atomic E-state index is 11.9. The number of hydrogen-bond donors (Lipinski definition) is 3. The van der Waals surface area contributed by atoms with Crippen molar-refractivity contribution >= 4 is 17.1 Å². The molecular formula is C14H21N5O5. The Labute approximate surface area is 137 Å². The first-order chi connectivity index (χ1) is 11.6. The molecule has 0 aliphatic carbocycles. The van der Waals surface area contributed by atoms with Gasteiger partial charge in [0.05, 0.1) is 32.3 Å². The first-order valence-electron chi connectivity index (χ1n) is 7.66. The SMILES string of the molecule is COCCOC1C(C)C(CO)OC1n1cnc2c(=O)[nH]c(N)nc21. The van der Waals surface area contributed by atoms with Crippen LogP contribution in [0.3, 0.4) is 0 Å². The summed E-state index contributed by atoms with van der Waals surface area (Å²) in [7, 11) is 1.59. The summed E-state index contributed by atoms with van der Waals surface area (Å²) in [5.74, 6) is -0.0653. The molecule has 1 aliphatic heterocycles. The van der Waals surface area contributed by atoms with Crippen LogP contribution in [0.1, 0.15) is 13.2 Å². The molecule has 10 nitrogen and oxygen atoms in total. The number of aromatic amines is 1. The van der Waals surface area contributed by atoms with E-state index in [0.717, 1.165) is 0 Å². The predicted molar refractivity (Wildman–Crippen MR) is 84.3 cm³/mol. The van der Waals surface area contributed by atoms with E-state index < -0.39 is 11.8 Å². The lowest BCUT2D eigenvalue weighted by Crippen LogP contribution is -2.30. The van der Waals surface area contributed by atoms with Gasteiger partial charge in [0.15, 0.2) is 17.4 Å². The van der Waals surface area contributed by atoms with Crippen LogP contribution in [0.15, 0.2) is 11.1 Å². The van der Waals surface area contributed by atoms with Crippen molar-refractivity contribution in [2.75, 3.05) is 32.7 Å². The van der Waals surface area contributed by atoms with E-state index in [-0.39, 0.29) is 36.2 Å². The minimum Gasteiger partial charge on any atom is -0.394 e. The second-order valence-corrected chi connectivity index (χ2v) is 5.71. The summed E-state index contributed by atoms with van der Waals surface area (Å²) in [6.07, 6.45) is 0.153. The number of rotatable bonds is 6. The molecule has 2 aromatic rings. The third-order valence-electron chi connectivity index (χ3n) is 4.20. The lowest BCUT2D eigenvalue weighted by molar-refractivity contribution is -0.0757. The number of aromatic nitrogens is 4. The van der Waals surface area contributed by atoms with E-state index in [1.54, 1.807) is 11.7 Å². The van der Waals surface area contributed by atoms with Crippen LogP contribution in [0.25, 0.3) is 11.2 Å². The average molecular weight is 339 g/mol. The van der Waals surface area contributed by atoms with E-state index in [2.05, 4.69) is 15.0 Å². The van der Waals surface area contributed by atoms with Crippen LogP contribution in [0.4, 0.5) is 5.95 Å². The number of nitrogens with one attached hydrogen (secondary N) is 1. The van der Waals surface area contributed by atoms with Crippen molar-refractivity contribution in [1.29, 1.82) is 0 Å². The van der Waals surface area contributed by atoms with Gasteiger partial charge in [-0.1, -0.05) is 6.92 Å². The summed E-state index contributed by atoms with van der Waals surface area (Å²) in [6, 6.07) is 0. The number of imidazole rings is 1. The molecule has 3 rings (SSSR count). The van der Waals surface area contributed by atoms with Crippen molar-refractivity contribution in [2.45, 2.75) is 25.4 Å². The Kier molecular flexibility index (Phi) is 4.81. The number of aliphatic hydroxyl groups excluding tert-OH is 1. The average Bonchev–Trinajstić information content (AvgIpc) is 3.09. The summed E-state index contributed by atoms with van der Waals surface area (Å²) in [6.45, 7) is 2.62. The molecule has 0 saturated carbocycles. The molecule has 1 aliphatic rings. The van der Waals surface area contributed by atoms with Gasteiger partial charge in [-0.2, -0.15) is 4.98 Å². The molecule has 3 heterocycles. The summed E-state index contributed by atoms with van der Waals surface area (Å²) < 4.78 is 18.4. The number of ether oxygens (including phenoxy) is 3. The van der Waals surface area contributed by atoms with Gasteiger partial charge in [0.25, 0.3) is 5.56 Å². The van der Waals surface area contributed by atoms with Crippen molar-refractivity contribution in [2.24, 2.45) is 5.92 Å². The van der Waals surface area contributed by atoms with Gasteiger partial charge in [0.2, 0.25) is 5.95 Å². The number of anilines is 1. The molecule has 0 aromatic carbocycles. The van der Waals surface area contributed by atoms with Crippen LogP contribution in [-0.4, -0.2) is 63.8 Å². The topological polar surface area (TPSA) is 138 Å². The van der Waals surface area contributed by atoms with E-state index in [1.807, 2.05) is 6.92 Å². The van der Waals surface area contributed by atoms with Crippen LogP contribution < -0.4 is 11.3 Å². The monoisotopic (exact) mass is 339 g/mol. The smallest absolute Gasteiger partial charge is 0.280 e. The molecule has 1 saturated heterocycles. The third kappa shape index (κ3) is 2.88. The molecule has 0 amide bonds. The second-order valence-electron chi connectivity index (χ2n) is 5.71. The maximum atomic E-state index is 11.9. The fourth-order valence-corrected chi connectivity index (χ4v) is 2.92. The van der Waals surface area contributed by atoms with Crippen molar-refractivity contribution in [1.82, 2.24) is 19.5 Å². The zero-order chi connectivity index (χ0) is 17.3. The van der Waals surface area contributed by atoms with Gasteiger partial charge in [0, 0.05) is 13.0 Å². The fraction of sp³-hybridized carbons (Fsp3) is 0.643. The van der Waals surface area contributed by atoms with E-state index in [9.17, 15) is 9.90 Å². The van der Waals surface area contributed by atoms with Crippen molar-refractivity contribution in [3.63, 3.8) is 0 Å². The summed E-state index contributed by atoms with van der Waals surface area (Å²) in [5, 5.41) is 9.52. The molecule has 4 unspecified atom stereocenters. The highest BCUT2D eigenvalue weighted by Crippen LogP contribution is 2.36. The molecule has 0 radical (unpaired) electrons. The lowest BCUT2D eigenvalue weighted by atomic mass is 10.0. The highest BCUT2D eigenvalue weighted by atomic mass is 16.6.